The highest BCUT2D eigenvalue weighted by Crippen LogP contribution is 2.15. The van der Waals surface area contributed by atoms with Crippen molar-refractivity contribution in [1.82, 2.24) is 9.62 Å². The molecule has 1 aromatic carbocycles. The molecule has 0 unspecified atom stereocenters. The van der Waals surface area contributed by atoms with Crippen molar-refractivity contribution < 1.29 is 22.7 Å². The van der Waals surface area contributed by atoms with Crippen LogP contribution in [0.1, 0.15) is 24.2 Å². The number of hydrogen-bond donors (Lipinski definition) is 1. The van der Waals surface area contributed by atoms with Gasteiger partial charge in [0, 0.05) is 25.7 Å². The van der Waals surface area contributed by atoms with E-state index in [9.17, 15) is 13.2 Å². The van der Waals surface area contributed by atoms with Crippen LogP contribution in [-0.2, 0) is 19.5 Å². The molecule has 25 heavy (non-hydrogen) atoms. The highest BCUT2D eigenvalue weighted by Gasteiger charge is 2.26. The molecule has 1 aliphatic rings. The second-order valence-electron chi connectivity index (χ2n) is 6.33. The minimum Gasteiger partial charge on any atom is -0.465 e. The van der Waals surface area contributed by atoms with Crippen LogP contribution in [0.3, 0.4) is 0 Å². The Morgan fingerprint density at radius 2 is 1.84 bits per heavy atom. The summed E-state index contributed by atoms with van der Waals surface area (Å²) in [5.41, 5.74) is 0.315. The zero-order chi connectivity index (χ0) is 18.4. The Kier molecular flexibility index (Phi) is 6.95. The Hall–Kier alpha value is -1.48. The SMILES string of the molecule is COC(=O)c1ccc(S(=O)(=O)NC[C@H](C(C)C)N2CCOCC2)cc1. The Bertz CT molecular complexity index is 667. The monoisotopic (exact) mass is 370 g/mol. The van der Waals surface area contributed by atoms with Crippen molar-refractivity contribution in [3.63, 3.8) is 0 Å². The zero-order valence-corrected chi connectivity index (χ0v) is 15.7. The fourth-order valence-electron chi connectivity index (χ4n) is 2.86. The van der Waals surface area contributed by atoms with Crippen LogP contribution in [0, 0.1) is 5.92 Å². The largest absolute Gasteiger partial charge is 0.465 e. The lowest BCUT2D eigenvalue weighted by Crippen LogP contribution is -2.51. The molecule has 0 aliphatic carbocycles. The van der Waals surface area contributed by atoms with E-state index in [1.807, 2.05) is 0 Å². The van der Waals surface area contributed by atoms with E-state index in [0.29, 0.717) is 31.2 Å². The van der Waals surface area contributed by atoms with Crippen LogP contribution in [0.5, 0.6) is 0 Å². The third kappa shape index (κ3) is 5.24. The van der Waals surface area contributed by atoms with Gasteiger partial charge in [0.05, 0.1) is 30.8 Å². The fourth-order valence-corrected chi connectivity index (χ4v) is 3.91. The smallest absolute Gasteiger partial charge is 0.337 e. The molecule has 0 bridgehead atoms. The maximum absolute atomic E-state index is 12.5. The van der Waals surface area contributed by atoms with Crippen molar-refractivity contribution in [3.8, 4) is 0 Å². The number of rotatable bonds is 7. The van der Waals surface area contributed by atoms with Crippen molar-refractivity contribution in [2.45, 2.75) is 24.8 Å². The quantitative estimate of drug-likeness (QED) is 0.724. The molecule has 1 N–H and O–H groups in total. The van der Waals surface area contributed by atoms with E-state index in [1.165, 1.54) is 31.4 Å². The lowest BCUT2D eigenvalue weighted by atomic mass is 10.0. The van der Waals surface area contributed by atoms with Crippen LogP contribution in [0.15, 0.2) is 29.2 Å². The molecule has 1 heterocycles. The first-order valence-electron chi connectivity index (χ1n) is 8.35. The number of sulfonamides is 1. The van der Waals surface area contributed by atoms with Gasteiger partial charge >= 0.3 is 5.97 Å². The minimum atomic E-state index is -3.64. The summed E-state index contributed by atoms with van der Waals surface area (Å²) in [5, 5.41) is 0. The summed E-state index contributed by atoms with van der Waals surface area (Å²) in [6.07, 6.45) is 0. The number of benzene rings is 1. The van der Waals surface area contributed by atoms with Crippen molar-refractivity contribution in [3.05, 3.63) is 29.8 Å². The minimum absolute atomic E-state index is 0.105. The predicted octanol–water partition coefficient (Wildman–Crippen LogP) is 1.11. The van der Waals surface area contributed by atoms with E-state index in [2.05, 4.69) is 28.2 Å². The van der Waals surface area contributed by atoms with Crippen molar-refractivity contribution in [2.75, 3.05) is 40.0 Å². The van der Waals surface area contributed by atoms with Gasteiger partial charge in [0.25, 0.3) is 0 Å². The number of carbonyl (C=O) groups excluding carboxylic acids is 1. The van der Waals surface area contributed by atoms with E-state index in [0.717, 1.165) is 13.1 Å². The molecule has 2 rings (SSSR count). The first-order valence-corrected chi connectivity index (χ1v) is 9.83. The number of hydrogen-bond acceptors (Lipinski definition) is 6. The van der Waals surface area contributed by atoms with Gasteiger partial charge < -0.3 is 9.47 Å². The normalized spacial score (nSPS) is 17.4. The molecule has 1 atom stereocenters. The van der Waals surface area contributed by atoms with E-state index in [4.69, 9.17) is 4.74 Å². The number of carbonyl (C=O) groups is 1. The van der Waals surface area contributed by atoms with Gasteiger partial charge in [-0.05, 0) is 30.2 Å². The van der Waals surface area contributed by atoms with Gasteiger partial charge in [-0.2, -0.15) is 0 Å². The van der Waals surface area contributed by atoms with Crippen molar-refractivity contribution in [1.29, 1.82) is 0 Å². The number of esters is 1. The highest BCUT2D eigenvalue weighted by molar-refractivity contribution is 7.89. The third-order valence-electron chi connectivity index (χ3n) is 4.35. The molecule has 1 aliphatic heterocycles. The number of ether oxygens (including phenoxy) is 2. The number of methoxy groups -OCH3 is 1. The standard InChI is InChI=1S/C17H26N2O5S/c1-13(2)16(19-8-10-24-11-9-19)12-18-25(21,22)15-6-4-14(5-7-15)17(20)23-3/h4-7,13,16,18H,8-12H2,1-3H3/t16-/m1/s1. The molecule has 0 saturated carbocycles. The molecule has 1 fully saturated rings. The molecule has 140 valence electrons. The molecule has 0 aromatic heterocycles. The Balaban J connectivity index is 2.05. The van der Waals surface area contributed by atoms with Crippen LogP contribution in [0.25, 0.3) is 0 Å². The van der Waals surface area contributed by atoms with Crippen molar-refractivity contribution in [2.24, 2.45) is 5.92 Å². The summed E-state index contributed by atoms with van der Waals surface area (Å²) >= 11 is 0. The molecule has 1 saturated heterocycles. The van der Waals surface area contributed by atoms with Crippen LogP contribution >= 0.6 is 0 Å². The highest BCUT2D eigenvalue weighted by atomic mass is 32.2. The van der Waals surface area contributed by atoms with E-state index < -0.39 is 16.0 Å². The van der Waals surface area contributed by atoms with E-state index in [1.54, 1.807) is 0 Å². The Morgan fingerprint density at radius 1 is 1.24 bits per heavy atom. The average Bonchev–Trinajstić information content (AvgIpc) is 2.62. The third-order valence-corrected chi connectivity index (χ3v) is 5.79. The molecule has 1 aromatic rings. The average molecular weight is 370 g/mol. The van der Waals surface area contributed by atoms with E-state index >= 15 is 0 Å². The molecule has 8 heteroatoms. The van der Waals surface area contributed by atoms with Gasteiger partial charge in [-0.15, -0.1) is 0 Å². The Morgan fingerprint density at radius 3 is 2.36 bits per heavy atom. The van der Waals surface area contributed by atoms with Crippen LogP contribution in [0.4, 0.5) is 0 Å². The summed E-state index contributed by atoms with van der Waals surface area (Å²) in [4.78, 5) is 13.8. The lowest BCUT2D eigenvalue weighted by molar-refractivity contribution is 0.00776. The van der Waals surface area contributed by atoms with Crippen LogP contribution in [0.2, 0.25) is 0 Å². The lowest BCUT2D eigenvalue weighted by Gasteiger charge is -2.36. The molecule has 7 nitrogen and oxygen atoms in total. The number of morpholine rings is 1. The maximum Gasteiger partial charge on any atom is 0.337 e. The molecule has 0 spiro atoms. The maximum atomic E-state index is 12.5. The van der Waals surface area contributed by atoms with Gasteiger partial charge in [-0.1, -0.05) is 13.8 Å². The van der Waals surface area contributed by atoms with Gasteiger partial charge in [-0.3, -0.25) is 4.90 Å². The summed E-state index contributed by atoms with van der Waals surface area (Å²) in [5.74, 6) is -0.188. The summed E-state index contributed by atoms with van der Waals surface area (Å²) in [6, 6.07) is 5.82. The Labute approximate surface area is 149 Å². The summed E-state index contributed by atoms with van der Waals surface area (Å²) in [6.45, 7) is 7.45. The van der Waals surface area contributed by atoms with Gasteiger partial charge in [-0.25, -0.2) is 17.9 Å². The van der Waals surface area contributed by atoms with Crippen molar-refractivity contribution >= 4 is 16.0 Å². The molecular formula is C17H26N2O5S. The van der Waals surface area contributed by atoms with E-state index in [-0.39, 0.29) is 10.9 Å². The number of nitrogens with zero attached hydrogens (tertiary/aromatic N) is 1. The molecular weight excluding hydrogens is 344 g/mol. The van der Waals surface area contributed by atoms with Crippen LogP contribution in [-0.4, -0.2) is 65.3 Å². The fraction of sp³-hybridized carbons (Fsp3) is 0.588. The molecule has 0 amide bonds. The number of nitrogens with one attached hydrogen (secondary N) is 1. The first-order chi connectivity index (χ1) is 11.8. The first kappa shape index (κ1) is 19.8. The molecule has 0 radical (unpaired) electrons. The summed E-state index contributed by atoms with van der Waals surface area (Å²) in [7, 11) is -2.35. The second-order valence-corrected chi connectivity index (χ2v) is 8.09. The van der Waals surface area contributed by atoms with Crippen LogP contribution < -0.4 is 4.72 Å². The summed E-state index contributed by atoms with van der Waals surface area (Å²) < 4.78 is 37.7. The zero-order valence-electron chi connectivity index (χ0n) is 14.9. The predicted molar refractivity (Wildman–Crippen MR) is 94.0 cm³/mol. The second kappa shape index (κ2) is 8.75. The van der Waals surface area contributed by atoms with Gasteiger partial charge in [0.1, 0.15) is 0 Å². The van der Waals surface area contributed by atoms with Gasteiger partial charge in [0.2, 0.25) is 10.0 Å². The van der Waals surface area contributed by atoms with Gasteiger partial charge in [0.15, 0.2) is 0 Å². The topological polar surface area (TPSA) is 84.9 Å².